The van der Waals surface area contributed by atoms with Gasteiger partial charge in [0.15, 0.2) is 0 Å². The van der Waals surface area contributed by atoms with E-state index in [0.717, 1.165) is 10.2 Å². The molecule has 2 aromatic heterocycles. The molecule has 0 atom stereocenters. The zero-order chi connectivity index (χ0) is 14.3. The average molecular weight is 303 g/mol. The first kappa shape index (κ1) is 13.5. The van der Waals surface area contributed by atoms with Crippen molar-refractivity contribution in [3.8, 4) is 11.1 Å². The molecule has 102 valence electrons. The van der Waals surface area contributed by atoms with E-state index in [1.165, 1.54) is 21.6 Å². The van der Waals surface area contributed by atoms with Gasteiger partial charge in [0.1, 0.15) is 4.83 Å². The van der Waals surface area contributed by atoms with Crippen LogP contribution in [0.25, 0.3) is 21.3 Å². The number of aryl methyl sites for hydroxylation is 1. The van der Waals surface area contributed by atoms with E-state index in [-0.39, 0.29) is 0 Å². The number of aromatic nitrogens is 2. The van der Waals surface area contributed by atoms with E-state index in [0.29, 0.717) is 11.2 Å². The normalized spacial score (nSPS) is 11.4. The van der Waals surface area contributed by atoms with Crippen LogP contribution in [0.3, 0.4) is 0 Å². The van der Waals surface area contributed by atoms with Gasteiger partial charge in [-0.15, -0.1) is 11.3 Å². The molecule has 0 N–H and O–H groups in total. The Balaban J connectivity index is 2.16. The fraction of sp³-hybridized carbons (Fsp3) is 0.250. The summed E-state index contributed by atoms with van der Waals surface area (Å²) in [4.78, 5) is 10.6. The molecule has 0 saturated heterocycles. The highest BCUT2D eigenvalue weighted by Gasteiger charge is 2.13. The third-order valence-corrected chi connectivity index (χ3v) is 4.66. The maximum absolute atomic E-state index is 5.87. The maximum atomic E-state index is 5.87. The van der Waals surface area contributed by atoms with E-state index < -0.39 is 0 Å². The zero-order valence-electron chi connectivity index (χ0n) is 11.6. The molecule has 0 aliphatic heterocycles. The highest BCUT2D eigenvalue weighted by Crippen LogP contribution is 2.37. The topological polar surface area (TPSA) is 25.8 Å². The van der Waals surface area contributed by atoms with E-state index in [9.17, 15) is 0 Å². The first-order valence-electron chi connectivity index (χ1n) is 6.58. The van der Waals surface area contributed by atoms with Crippen LogP contribution < -0.4 is 0 Å². The molecule has 0 radical (unpaired) electrons. The predicted molar refractivity (Wildman–Crippen MR) is 86.7 cm³/mol. The van der Waals surface area contributed by atoms with Crippen LogP contribution in [0.4, 0.5) is 0 Å². The fourth-order valence-corrected chi connectivity index (χ4v) is 3.57. The van der Waals surface area contributed by atoms with Crippen LogP contribution in [-0.2, 0) is 0 Å². The molecule has 0 bridgehead atoms. The number of fused-ring (bicyclic) bond motifs is 1. The molecule has 3 rings (SSSR count). The van der Waals surface area contributed by atoms with Crippen LogP contribution >= 0.6 is 22.9 Å². The van der Waals surface area contributed by atoms with Gasteiger partial charge < -0.3 is 0 Å². The minimum atomic E-state index is 0.306. The van der Waals surface area contributed by atoms with Gasteiger partial charge in [-0.3, -0.25) is 0 Å². The molecule has 2 nitrogen and oxygen atoms in total. The monoisotopic (exact) mass is 302 g/mol. The van der Waals surface area contributed by atoms with Gasteiger partial charge in [-0.1, -0.05) is 38.1 Å². The average Bonchev–Trinajstić information content (AvgIpc) is 2.73. The van der Waals surface area contributed by atoms with E-state index >= 15 is 0 Å². The number of hydrogen-bond donors (Lipinski definition) is 0. The molecular weight excluding hydrogens is 288 g/mol. The minimum Gasteiger partial charge on any atom is -0.226 e. The van der Waals surface area contributed by atoms with Gasteiger partial charge in [-0.2, -0.15) is 0 Å². The molecule has 2 heterocycles. The van der Waals surface area contributed by atoms with Crippen LogP contribution in [-0.4, -0.2) is 9.97 Å². The number of halogens is 1. The van der Waals surface area contributed by atoms with Crippen molar-refractivity contribution in [1.82, 2.24) is 9.97 Å². The molecule has 0 aliphatic rings. The van der Waals surface area contributed by atoms with E-state index in [2.05, 4.69) is 55.0 Å². The van der Waals surface area contributed by atoms with Crippen LogP contribution in [0, 0.1) is 6.92 Å². The molecular formula is C16H15ClN2S. The number of thiophene rings is 1. The van der Waals surface area contributed by atoms with E-state index in [1.54, 1.807) is 11.3 Å². The third-order valence-electron chi connectivity index (χ3n) is 3.46. The van der Waals surface area contributed by atoms with Gasteiger partial charge in [-0.25, -0.2) is 9.97 Å². The van der Waals surface area contributed by atoms with E-state index in [4.69, 9.17) is 11.6 Å². The lowest BCUT2D eigenvalue weighted by molar-refractivity contribution is 0.867. The summed E-state index contributed by atoms with van der Waals surface area (Å²) in [5.41, 5.74) is 3.78. The van der Waals surface area contributed by atoms with Crippen LogP contribution in [0.5, 0.6) is 0 Å². The van der Waals surface area contributed by atoms with Gasteiger partial charge in [0.25, 0.3) is 0 Å². The Morgan fingerprint density at radius 2 is 1.85 bits per heavy atom. The van der Waals surface area contributed by atoms with E-state index in [1.807, 2.05) is 6.20 Å². The standard InChI is InChI=1S/C16H15ClN2S/c1-9(2)11-4-6-12(7-5-11)14-10(3)20-15-13(14)8-18-16(17)19-15/h4-9H,1-3H3. The first-order valence-corrected chi connectivity index (χ1v) is 7.77. The first-order chi connectivity index (χ1) is 9.56. The highest BCUT2D eigenvalue weighted by molar-refractivity contribution is 7.19. The summed E-state index contributed by atoms with van der Waals surface area (Å²) in [6, 6.07) is 8.75. The van der Waals surface area contributed by atoms with Gasteiger partial charge in [0, 0.05) is 22.0 Å². The van der Waals surface area contributed by atoms with Crippen molar-refractivity contribution >= 4 is 33.2 Å². The molecule has 0 amide bonds. The quantitative estimate of drug-likeness (QED) is 0.589. The highest BCUT2D eigenvalue weighted by atomic mass is 35.5. The fourth-order valence-electron chi connectivity index (χ4n) is 2.37. The smallest absolute Gasteiger partial charge is 0.223 e. The van der Waals surface area contributed by atoms with Crippen molar-refractivity contribution in [3.05, 3.63) is 46.2 Å². The molecule has 0 unspecified atom stereocenters. The van der Waals surface area contributed by atoms with Crippen LogP contribution in [0.15, 0.2) is 30.5 Å². The van der Waals surface area contributed by atoms with Crippen molar-refractivity contribution < 1.29 is 0 Å². The molecule has 20 heavy (non-hydrogen) atoms. The Morgan fingerprint density at radius 1 is 1.15 bits per heavy atom. The second kappa shape index (κ2) is 5.15. The van der Waals surface area contributed by atoms with Crippen molar-refractivity contribution in [2.45, 2.75) is 26.7 Å². The lowest BCUT2D eigenvalue weighted by atomic mass is 9.98. The molecule has 0 spiro atoms. The maximum Gasteiger partial charge on any atom is 0.223 e. The van der Waals surface area contributed by atoms with Crippen molar-refractivity contribution in [2.24, 2.45) is 0 Å². The summed E-state index contributed by atoms with van der Waals surface area (Å²) >= 11 is 7.53. The Kier molecular flexibility index (Phi) is 3.48. The summed E-state index contributed by atoms with van der Waals surface area (Å²) < 4.78 is 0. The van der Waals surface area contributed by atoms with Gasteiger partial charge in [0.05, 0.1) is 0 Å². The van der Waals surface area contributed by atoms with Crippen LogP contribution in [0.2, 0.25) is 5.28 Å². The van der Waals surface area contributed by atoms with Crippen molar-refractivity contribution in [3.63, 3.8) is 0 Å². The number of nitrogens with zero attached hydrogens (tertiary/aromatic N) is 2. The summed E-state index contributed by atoms with van der Waals surface area (Å²) in [7, 11) is 0. The molecule has 1 aromatic carbocycles. The van der Waals surface area contributed by atoms with Crippen molar-refractivity contribution in [1.29, 1.82) is 0 Å². The summed E-state index contributed by atoms with van der Waals surface area (Å²) in [5, 5.41) is 1.38. The van der Waals surface area contributed by atoms with Crippen molar-refractivity contribution in [2.75, 3.05) is 0 Å². The second-order valence-corrected chi connectivity index (χ2v) is 6.71. The second-order valence-electron chi connectivity index (χ2n) is 5.17. The van der Waals surface area contributed by atoms with Gasteiger partial charge in [-0.05, 0) is 35.6 Å². The molecule has 0 fully saturated rings. The zero-order valence-corrected chi connectivity index (χ0v) is 13.2. The van der Waals surface area contributed by atoms with Gasteiger partial charge >= 0.3 is 0 Å². The SMILES string of the molecule is Cc1sc2nc(Cl)ncc2c1-c1ccc(C(C)C)cc1. The summed E-state index contributed by atoms with van der Waals surface area (Å²) in [5.74, 6) is 0.548. The molecule has 3 aromatic rings. The third kappa shape index (κ3) is 2.32. The minimum absolute atomic E-state index is 0.306. The predicted octanol–water partition coefficient (Wildman–Crippen LogP) is 5.44. The lowest BCUT2D eigenvalue weighted by Gasteiger charge is -2.07. The number of hydrogen-bond acceptors (Lipinski definition) is 3. The molecule has 4 heteroatoms. The Labute approximate surface area is 127 Å². The van der Waals surface area contributed by atoms with Gasteiger partial charge in [0.2, 0.25) is 5.28 Å². The molecule has 0 saturated carbocycles. The molecule has 0 aliphatic carbocycles. The Bertz CT molecular complexity index is 760. The Hall–Kier alpha value is -1.45. The summed E-state index contributed by atoms with van der Waals surface area (Å²) in [6.45, 7) is 6.53. The number of rotatable bonds is 2. The lowest BCUT2D eigenvalue weighted by Crippen LogP contribution is -1.87. The largest absolute Gasteiger partial charge is 0.226 e. The Morgan fingerprint density at radius 3 is 2.50 bits per heavy atom. The number of benzene rings is 1. The van der Waals surface area contributed by atoms with Crippen LogP contribution in [0.1, 0.15) is 30.2 Å². The summed E-state index contributed by atoms with van der Waals surface area (Å²) in [6.07, 6.45) is 1.82.